The van der Waals surface area contributed by atoms with Gasteiger partial charge in [-0.25, -0.2) is 9.59 Å². The molecule has 2 heterocycles. The zero-order valence-corrected chi connectivity index (χ0v) is 18.2. The van der Waals surface area contributed by atoms with E-state index in [1.165, 1.54) is 18.5 Å². The van der Waals surface area contributed by atoms with Gasteiger partial charge in [-0.05, 0) is 33.6 Å². The lowest BCUT2D eigenvalue weighted by Crippen LogP contribution is -2.54. The van der Waals surface area contributed by atoms with Crippen LogP contribution in [0.2, 0.25) is 0 Å². The van der Waals surface area contributed by atoms with Gasteiger partial charge >= 0.3 is 12.1 Å². The maximum Gasteiger partial charge on any atom is 0.427 e. The number of non-ortho nitro benzene ring substituents is 1. The summed E-state index contributed by atoms with van der Waals surface area (Å²) in [6, 6.07) is 5.84. The molecule has 0 bridgehead atoms. The Balaban J connectivity index is 1.59. The Kier molecular flexibility index (Phi) is 6.12. The van der Waals surface area contributed by atoms with Crippen molar-refractivity contribution in [2.45, 2.75) is 45.3 Å². The Morgan fingerprint density at radius 2 is 1.97 bits per heavy atom. The van der Waals surface area contributed by atoms with Gasteiger partial charge < -0.3 is 15.0 Å². The Morgan fingerprint density at radius 1 is 1.29 bits per heavy atom. The maximum atomic E-state index is 12.9. The smallest absolute Gasteiger partial charge is 0.427 e. The van der Waals surface area contributed by atoms with Crippen molar-refractivity contribution in [1.29, 1.82) is 0 Å². The second-order valence-corrected chi connectivity index (χ2v) is 8.90. The van der Waals surface area contributed by atoms with Crippen molar-refractivity contribution in [2.75, 3.05) is 20.1 Å². The number of aliphatic imine (C=N–C) groups is 1. The predicted molar refractivity (Wildman–Crippen MR) is 115 cm³/mol. The average Bonchev–Trinajstić information content (AvgIpc) is 3.11. The number of ether oxygens (including phenoxy) is 1. The van der Waals surface area contributed by atoms with Crippen molar-refractivity contribution in [3.05, 3.63) is 46.1 Å². The lowest BCUT2D eigenvalue weighted by atomic mass is 10.1. The topological polar surface area (TPSA) is 114 Å². The zero-order valence-electron chi connectivity index (χ0n) is 18.2. The summed E-state index contributed by atoms with van der Waals surface area (Å²) in [6.07, 6.45) is 4.07. The highest BCUT2D eigenvalue weighted by Crippen LogP contribution is 2.27. The lowest BCUT2D eigenvalue weighted by Gasteiger charge is -2.34. The highest BCUT2D eigenvalue weighted by Gasteiger charge is 2.36. The summed E-state index contributed by atoms with van der Waals surface area (Å²) in [5.74, 6) is 0. The first-order valence-electron chi connectivity index (χ1n) is 10.1. The third-order valence-corrected chi connectivity index (χ3v) is 5.09. The lowest BCUT2D eigenvalue weighted by molar-refractivity contribution is -0.665. The number of hydrogen-bond donors (Lipinski definition) is 1. The van der Waals surface area contributed by atoms with E-state index in [9.17, 15) is 19.7 Å². The number of nitro benzene ring substituents is 1. The molecule has 3 rings (SSSR count). The van der Waals surface area contributed by atoms with Crippen molar-refractivity contribution in [3.63, 3.8) is 0 Å². The van der Waals surface area contributed by atoms with Crippen molar-refractivity contribution in [1.82, 2.24) is 10.2 Å². The molecule has 1 fully saturated rings. The SMILES string of the molecule is CC(C)(C)OC(=O)N1CCC(NC(=O)[N+]2(C)C=NC(c3cccc([N+](=O)[O-])c3)=C2)CC1. The van der Waals surface area contributed by atoms with E-state index >= 15 is 0 Å². The summed E-state index contributed by atoms with van der Waals surface area (Å²) in [6.45, 7) is 6.50. The number of nitro groups is 1. The third-order valence-electron chi connectivity index (χ3n) is 5.09. The van der Waals surface area contributed by atoms with Crippen LogP contribution in [0.3, 0.4) is 0 Å². The van der Waals surface area contributed by atoms with Gasteiger partial charge in [0.1, 0.15) is 17.5 Å². The van der Waals surface area contributed by atoms with E-state index < -0.39 is 10.5 Å². The van der Waals surface area contributed by atoms with Gasteiger partial charge in [-0.15, -0.1) is 0 Å². The molecule has 2 aliphatic rings. The van der Waals surface area contributed by atoms with E-state index in [-0.39, 0.29) is 28.3 Å². The largest absolute Gasteiger partial charge is 0.444 e. The standard InChI is InChI=1S/C21H27N5O5/c1-21(2,3)31-20(28)24-10-8-16(9-11-24)23-19(27)26(4)13-18(22-14-26)15-6-5-7-17(12-15)25(29)30/h5-7,12-14,16H,8-11H2,1-4H3/p+1. The molecule has 166 valence electrons. The summed E-state index contributed by atoms with van der Waals surface area (Å²) < 4.78 is 5.21. The van der Waals surface area contributed by atoms with Gasteiger partial charge in [-0.1, -0.05) is 12.1 Å². The van der Waals surface area contributed by atoms with Crippen LogP contribution in [-0.4, -0.2) is 64.5 Å². The van der Waals surface area contributed by atoms with E-state index in [1.807, 2.05) is 20.8 Å². The molecule has 31 heavy (non-hydrogen) atoms. The molecule has 1 saturated heterocycles. The van der Waals surface area contributed by atoms with E-state index in [2.05, 4.69) is 10.3 Å². The first kappa shape index (κ1) is 22.4. The molecule has 3 amide bonds. The molecule has 0 aromatic heterocycles. The number of nitrogens with one attached hydrogen (secondary N) is 1. The average molecular weight is 430 g/mol. The third kappa shape index (κ3) is 5.46. The van der Waals surface area contributed by atoms with Crippen molar-refractivity contribution >= 4 is 29.8 Å². The van der Waals surface area contributed by atoms with E-state index in [0.29, 0.717) is 37.2 Å². The Bertz CT molecular complexity index is 944. The number of rotatable bonds is 3. The summed E-state index contributed by atoms with van der Waals surface area (Å²) in [7, 11) is 1.69. The van der Waals surface area contributed by atoms with Gasteiger partial charge in [0, 0.05) is 36.8 Å². The number of nitrogens with zero attached hydrogens (tertiary/aromatic N) is 4. The number of piperidine rings is 1. The van der Waals surface area contributed by atoms with Gasteiger partial charge in [0.25, 0.3) is 5.69 Å². The fourth-order valence-corrected chi connectivity index (χ4v) is 3.39. The van der Waals surface area contributed by atoms with Crippen molar-refractivity contribution in [2.24, 2.45) is 4.99 Å². The van der Waals surface area contributed by atoms with Crippen LogP contribution in [0.4, 0.5) is 15.3 Å². The van der Waals surface area contributed by atoms with Crippen LogP contribution in [-0.2, 0) is 4.74 Å². The molecular weight excluding hydrogens is 402 g/mol. The number of benzene rings is 1. The predicted octanol–water partition coefficient (Wildman–Crippen LogP) is 3.49. The molecule has 1 unspecified atom stereocenters. The van der Waals surface area contributed by atoms with Crippen LogP contribution in [0.25, 0.3) is 5.70 Å². The van der Waals surface area contributed by atoms with Gasteiger partial charge in [0.05, 0.1) is 12.0 Å². The molecule has 2 aliphatic heterocycles. The van der Waals surface area contributed by atoms with Gasteiger partial charge in [-0.3, -0.25) is 10.1 Å². The molecule has 0 aliphatic carbocycles. The highest BCUT2D eigenvalue weighted by atomic mass is 16.6. The summed E-state index contributed by atoms with van der Waals surface area (Å²) in [5.41, 5.74) is 0.502. The van der Waals surface area contributed by atoms with Crippen LogP contribution >= 0.6 is 0 Å². The Labute approximate surface area is 180 Å². The number of carbonyl (C=O) groups excluding carboxylic acids is 2. The van der Waals surface area contributed by atoms with Gasteiger partial charge in [0.2, 0.25) is 6.34 Å². The summed E-state index contributed by atoms with van der Waals surface area (Å²) in [5, 5.41) is 14.0. The minimum absolute atomic E-state index is 0.0316. The maximum absolute atomic E-state index is 12.9. The second-order valence-electron chi connectivity index (χ2n) is 8.90. The zero-order chi connectivity index (χ0) is 22.8. The molecule has 0 radical (unpaired) electrons. The van der Waals surface area contributed by atoms with Crippen LogP contribution in [0.1, 0.15) is 39.2 Å². The highest BCUT2D eigenvalue weighted by molar-refractivity contribution is 5.84. The normalized spacial score (nSPS) is 21.5. The quantitative estimate of drug-likeness (QED) is 0.448. The molecule has 0 spiro atoms. The molecular formula is C21H28N5O5+. The number of carbonyl (C=O) groups is 2. The molecule has 0 saturated carbocycles. The summed E-state index contributed by atoms with van der Waals surface area (Å²) in [4.78, 5) is 41.6. The number of amides is 3. The number of urea groups is 1. The second kappa shape index (κ2) is 8.46. The molecule has 10 heteroatoms. The molecule has 1 N–H and O–H groups in total. The minimum atomic E-state index is -0.542. The van der Waals surface area contributed by atoms with Crippen molar-refractivity contribution < 1.29 is 23.7 Å². The minimum Gasteiger partial charge on any atom is -0.444 e. The van der Waals surface area contributed by atoms with Gasteiger partial charge in [-0.2, -0.15) is 9.48 Å². The van der Waals surface area contributed by atoms with Crippen LogP contribution in [0.5, 0.6) is 0 Å². The number of hydrogen-bond acceptors (Lipinski definition) is 6. The van der Waals surface area contributed by atoms with Gasteiger partial charge in [0.15, 0.2) is 0 Å². The number of likely N-dealkylation sites (tertiary alicyclic amines) is 1. The number of quaternary nitrogens is 1. The monoisotopic (exact) mass is 430 g/mol. The fourth-order valence-electron chi connectivity index (χ4n) is 3.39. The molecule has 1 atom stereocenters. The molecule has 10 nitrogen and oxygen atoms in total. The fraction of sp³-hybridized carbons (Fsp3) is 0.476. The van der Waals surface area contributed by atoms with Crippen molar-refractivity contribution in [3.8, 4) is 0 Å². The van der Waals surface area contributed by atoms with Crippen LogP contribution in [0, 0.1) is 10.1 Å². The van der Waals surface area contributed by atoms with E-state index in [0.717, 1.165) is 0 Å². The first-order chi connectivity index (χ1) is 14.5. The first-order valence-corrected chi connectivity index (χ1v) is 10.1. The Hall–Kier alpha value is -3.27. The van der Waals surface area contributed by atoms with E-state index in [4.69, 9.17) is 4.74 Å². The van der Waals surface area contributed by atoms with E-state index in [1.54, 1.807) is 30.3 Å². The molecule has 1 aromatic rings. The molecule has 1 aromatic carbocycles. The Morgan fingerprint density at radius 3 is 2.58 bits per heavy atom. The summed E-state index contributed by atoms with van der Waals surface area (Å²) >= 11 is 0. The van der Waals surface area contributed by atoms with Crippen LogP contribution < -0.4 is 5.32 Å². The van der Waals surface area contributed by atoms with Crippen LogP contribution in [0.15, 0.2) is 35.5 Å².